The molecular weight excluding hydrogens is 430 g/mol. The van der Waals surface area contributed by atoms with Crippen molar-refractivity contribution in [2.24, 2.45) is 0 Å². The summed E-state index contributed by atoms with van der Waals surface area (Å²) in [6.07, 6.45) is 9.01. The van der Waals surface area contributed by atoms with Crippen LogP contribution in [0.15, 0.2) is 72.2 Å². The van der Waals surface area contributed by atoms with Crippen LogP contribution in [0.2, 0.25) is 0 Å². The highest BCUT2D eigenvalue weighted by Gasteiger charge is 2.31. The maximum absolute atomic E-state index is 12.9. The predicted molar refractivity (Wildman–Crippen MR) is 126 cm³/mol. The second kappa shape index (κ2) is 8.18. The molecule has 9 nitrogen and oxygen atoms in total. The first kappa shape index (κ1) is 20.2. The van der Waals surface area contributed by atoms with Gasteiger partial charge in [0.25, 0.3) is 5.56 Å². The molecule has 1 fully saturated rings. The average Bonchev–Trinajstić information content (AvgIpc) is 3.58. The number of nitrogens with zero attached hydrogens (tertiary/aromatic N) is 7. The van der Waals surface area contributed by atoms with Crippen LogP contribution in [0.5, 0.6) is 5.88 Å². The van der Waals surface area contributed by atoms with Gasteiger partial charge in [0, 0.05) is 36.0 Å². The molecule has 168 valence electrons. The van der Waals surface area contributed by atoms with Gasteiger partial charge in [0.1, 0.15) is 17.5 Å². The zero-order valence-corrected chi connectivity index (χ0v) is 18.5. The van der Waals surface area contributed by atoms with Gasteiger partial charge in [-0.25, -0.2) is 24.6 Å². The van der Waals surface area contributed by atoms with Gasteiger partial charge in [-0.2, -0.15) is 5.10 Å². The van der Waals surface area contributed by atoms with Gasteiger partial charge in [0.05, 0.1) is 25.0 Å². The third-order valence-corrected chi connectivity index (χ3v) is 5.99. The molecule has 0 amide bonds. The molecule has 0 bridgehead atoms. The van der Waals surface area contributed by atoms with Gasteiger partial charge < -0.3 is 4.74 Å². The molecule has 4 aromatic heterocycles. The summed E-state index contributed by atoms with van der Waals surface area (Å²) in [5.41, 5.74) is 3.94. The zero-order valence-electron chi connectivity index (χ0n) is 18.5. The topological polar surface area (TPSA) is 101 Å². The number of benzene rings is 1. The Kier molecular flexibility index (Phi) is 4.87. The Morgan fingerprint density at radius 1 is 1.06 bits per heavy atom. The fraction of sp³-hybridized carbons (Fsp3) is 0.200. The quantitative estimate of drug-likeness (QED) is 0.390. The number of fused-ring (bicyclic) bond motifs is 1. The van der Waals surface area contributed by atoms with E-state index in [9.17, 15) is 4.79 Å². The minimum absolute atomic E-state index is 0.132. The molecule has 0 unspecified atom stereocenters. The lowest BCUT2D eigenvalue weighted by Crippen LogP contribution is -2.21. The highest BCUT2D eigenvalue weighted by molar-refractivity contribution is 5.78. The third kappa shape index (κ3) is 3.61. The first-order valence-electron chi connectivity index (χ1n) is 11.1. The van der Waals surface area contributed by atoms with Crippen LogP contribution >= 0.6 is 0 Å². The van der Waals surface area contributed by atoms with Crippen LogP contribution in [0, 0.1) is 0 Å². The Morgan fingerprint density at radius 2 is 1.91 bits per heavy atom. The minimum Gasteiger partial charge on any atom is -0.480 e. The van der Waals surface area contributed by atoms with Crippen LogP contribution in [-0.4, -0.2) is 41.4 Å². The van der Waals surface area contributed by atoms with Crippen molar-refractivity contribution in [3.05, 3.63) is 89.0 Å². The van der Waals surface area contributed by atoms with Crippen molar-refractivity contribution in [2.75, 3.05) is 7.11 Å². The van der Waals surface area contributed by atoms with Crippen LogP contribution in [0.4, 0.5) is 0 Å². The zero-order chi connectivity index (χ0) is 23.1. The van der Waals surface area contributed by atoms with Crippen molar-refractivity contribution in [2.45, 2.75) is 25.3 Å². The van der Waals surface area contributed by atoms with Crippen molar-refractivity contribution in [3.63, 3.8) is 0 Å². The minimum atomic E-state index is -0.132. The number of pyridine rings is 1. The predicted octanol–water partition coefficient (Wildman–Crippen LogP) is 3.37. The monoisotopic (exact) mass is 451 g/mol. The molecule has 0 radical (unpaired) electrons. The van der Waals surface area contributed by atoms with E-state index in [1.807, 2.05) is 36.5 Å². The lowest BCUT2D eigenvalue weighted by atomic mass is 10.1. The Labute approximate surface area is 194 Å². The molecule has 0 aliphatic heterocycles. The van der Waals surface area contributed by atoms with E-state index in [1.165, 1.54) is 6.33 Å². The van der Waals surface area contributed by atoms with E-state index in [1.54, 1.807) is 40.9 Å². The molecule has 34 heavy (non-hydrogen) atoms. The number of rotatable bonds is 6. The van der Waals surface area contributed by atoms with E-state index >= 15 is 0 Å². The first-order chi connectivity index (χ1) is 16.7. The maximum atomic E-state index is 12.9. The summed E-state index contributed by atoms with van der Waals surface area (Å²) >= 11 is 0. The lowest BCUT2D eigenvalue weighted by molar-refractivity contribution is 0.397. The van der Waals surface area contributed by atoms with Gasteiger partial charge in [-0.05, 0) is 42.7 Å². The maximum Gasteiger partial charge on any atom is 0.252 e. The molecule has 1 aliphatic rings. The fourth-order valence-electron chi connectivity index (χ4n) is 4.12. The molecule has 1 saturated carbocycles. The summed E-state index contributed by atoms with van der Waals surface area (Å²) in [5, 5.41) is 5.03. The number of aromatic nitrogens is 7. The van der Waals surface area contributed by atoms with Gasteiger partial charge in [-0.3, -0.25) is 9.36 Å². The van der Waals surface area contributed by atoms with E-state index in [2.05, 4.69) is 20.1 Å². The lowest BCUT2D eigenvalue weighted by Gasteiger charge is -2.13. The van der Waals surface area contributed by atoms with E-state index in [0.717, 1.165) is 35.2 Å². The Balaban J connectivity index is 1.43. The number of methoxy groups -OCH3 is 1. The Hall–Kier alpha value is -4.40. The summed E-state index contributed by atoms with van der Waals surface area (Å²) in [6, 6.07) is 13.1. The summed E-state index contributed by atoms with van der Waals surface area (Å²) in [6.45, 7) is 0.379. The smallest absolute Gasteiger partial charge is 0.252 e. The molecule has 4 heterocycles. The second-order valence-corrected chi connectivity index (χ2v) is 8.26. The van der Waals surface area contributed by atoms with Crippen molar-refractivity contribution in [1.82, 2.24) is 34.3 Å². The summed E-state index contributed by atoms with van der Waals surface area (Å²) in [7, 11) is 1.58. The van der Waals surface area contributed by atoms with Gasteiger partial charge in [-0.1, -0.05) is 12.1 Å². The molecule has 1 aromatic carbocycles. The molecule has 6 rings (SSSR count). The van der Waals surface area contributed by atoms with E-state index in [0.29, 0.717) is 35.4 Å². The number of hydrogen-bond donors (Lipinski definition) is 0. The third-order valence-electron chi connectivity index (χ3n) is 5.99. The summed E-state index contributed by atoms with van der Waals surface area (Å²) < 4.78 is 8.97. The molecular formula is C25H21N7O2. The van der Waals surface area contributed by atoms with Crippen LogP contribution in [0.1, 0.15) is 30.0 Å². The fourth-order valence-corrected chi connectivity index (χ4v) is 4.12. The second-order valence-electron chi connectivity index (χ2n) is 8.26. The normalized spacial score (nSPS) is 13.3. The Morgan fingerprint density at radius 3 is 2.65 bits per heavy atom. The number of ether oxygens (including phenoxy) is 1. The number of hydrogen-bond acceptors (Lipinski definition) is 7. The summed E-state index contributed by atoms with van der Waals surface area (Å²) in [5.74, 6) is 1.26. The largest absolute Gasteiger partial charge is 0.480 e. The highest BCUT2D eigenvalue weighted by Crippen LogP contribution is 2.44. The van der Waals surface area contributed by atoms with Gasteiger partial charge in [-0.15, -0.1) is 0 Å². The van der Waals surface area contributed by atoms with Gasteiger partial charge >= 0.3 is 0 Å². The van der Waals surface area contributed by atoms with Gasteiger partial charge in [0.15, 0.2) is 5.82 Å². The van der Waals surface area contributed by atoms with Crippen molar-refractivity contribution in [3.8, 4) is 23.0 Å². The van der Waals surface area contributed by atoms with E-state index in [4.69, 9.17) is 9.72 Å². The SMILES string of the molecule is COc1ncnc(C2CC2)c1-c1ncc2ccc(=O)n(Cc3ccc(-n4cccn4)cc3)c2n1. The molecule has 9 heteroatoms. The molecule has 1 aliphatic carbocycles. The Bertz CT molecular complexity index is 1540. The van der Waals surface area contributed by atoms with Crippen LogP contribution in [-0.2, 0) is 6.54 Å². The first-order valence-corrected chi connectivity index (χ1v) is 11.1. The van der Waals surface area contributed by atoms with Crippen molar-refractivity contribution in [1.29, 1.82) is 0 Å². The summed E-state index contributed by atoms with van der Waals surface area (Å²) in [4.78, 5) is 31.1. The average molecular weight is 451 g/mol. The van der Waals surface area contributed by atoms with Crippen LogP contribution in [0.3, 0.4) is 0 Å². The van der Waals surface area contributed by atoms with Crippen LogP contribution < -0.4 is 10.3 Å². The van der Waals surface area contributed by atoms with E-state index in [-0.39, 0.29) is 5.56 Å². The van der Waals surface area contributed by atoms with Crippen LogP contribution in [0.25, 0.3) is 28.1 Å². The molecule has 5 aromatic rings. The molecule has 0 saturated heterocycles. The molecule has 0 N–H and O–H groups in total. The highest BCUT2D eigenvalue weighted by atomic mass is 16.5. The molecule has 0 spiro atoms. The van der Waals surface area contributed by atoms with Crippen molar-refractivity contribution < 1.29 is 4.74 Å². The van der Waals surface area contributed by atoms with Crippen molar-refractivity contribution >= 4 is 11.0 Å². The molecule has 0 atom stereocenters. The van der Waals surface area contributed by atoms with Gasteiger partial charge in [0.2, 0.25) is 5.88 Å². The standard InChI is InChI=1S/C25H21N7O2/c1-34-25-21(22(17-5-6-17)27-15-28-25)23-26-13-18-7-10-20(33)31(24(18)30-23)14-16-3-8-19(9-4-16)32-12-2-11-29-32/h2-4,7-13,15,17H,5-6,14H2,1H3. The van der Waals surface area contributed by atoms with E-state index < -0.39 is 0 Å².